The van der Waals surface area contributed by atoms with Gasteiger partial charge in [-0.1, -0.05) is 25.1 Å². The quantitative estimate of drug-likeness (QED) is 0.517. The number of hydrazone groups is 1. The van der Waals surface area contributed by atoms with Crippen LogP contribution in [0, 0.1) is 0 Å². The van der Waals surface area contributed by atoms with Crippen molar-refractivity contribution in [2.75, 3.05) is 18.6 Å². The second kappa shape index (κ2) is 9.41. The number of carbonyl (C=O) groups excluding carboxylic acids is 1. The molecule has 0 saturated heterocycles. The number of nitrogens with zero attached hydrogens (tertiary/aromatic N) is 2. The molecule has 3 rings (SSSR count). The summed E-state index contributed by atoms with van der Waals surface area (Å²) in [7, 11) is 1.56. The summed E-state index contributed by atoms with van der Waals surface area (Å²) >= 11 is 0. The predicted molar refractivity (Wildman–Crippen MR) is 125 cm³/mol. The summed E-state index contributed by atoms with van der Waals surface area (Å²) in [6.45, 7) is 11.2. The average molecular weight is 424 g/mol. The molecular formula is C25H33N3O3. The Balaban J connectivity index is 1.64. The lowest BCUT2D eigenvalue weighted by molar-refractivity contribution is -0.123. The Labute approximate surface area is 185 Å². The van der Waals surface area contributed by atoms with E-state index in [1.165, 1.54) is 11.3 Å². The van der Waals surface area contributed by atoms with E-state index in [1.807, 2.05) is 18.2 Å². The highest BCUT2D eigenvalue weighted by Crippen LogP contribution is 2.44. The minimum atomic E-state index is -0.332. The highest BCUT2D eigenvalue weighted by atomic mass is 16.5. The molecular weight excluding hydrogens is 390 g/mol. The van der Waals surface area contributed by atoms with Gasteiger partial charge in [0, 0.05) is 17.3 Å². The first-order valence-electron chi connectivity index (χ1n) is 10.7. The Bertz CT molecular complexity index is 953. The molecule has 0 radical (unpaired) electrons. The molecule has 31 heavy (non-hydrogen) atoms. The zero-order chi connectivity index (χ0) is 22.6. The minimum absolute atomic E-state index is 0.117. The molecule has 2 aromatic rings. The molecule has 2 aromatic carbocycles. The Hall–Kier alpha value is -3.02. The van der Waals surface area contributed by atoms with Gasteiger partial charge in [-0.3, -0.25) is 4.79 Å². The number of hydrogen-bond acceptors (Lipinski definition) is 5. The third-order valence-corrected chi connectivity index (χ3v) is 5.65. The van der Waals surface area contributed by atoms with Crippen LogP contribution in [-0.4, -0.2) is 37.4 Å². The van der Waals surface area contributed by atoms with Gasteiger partial charge in [-0.15, -0.1) is 0 Å². The van der Waals surface area contributed by atoms with E-state index in [4.69, 9.17) is 9.47 Å². The molecule has 1 N–H and O–H groups in total. The molecule has 0 saturated carbocycles. The summed E-state index contributed by atoms with van der Waals surface area (Å²) in [6, 6.07) is 14.0. The number of anilines is 1. The van der Waals surface area contributed by atoms with Crippen molar-refractivity contribution in [3.63, 3.8) is 0 Å². The SMILES string of the molecule is COc1ccccc1OCC(=O)N/N=C\c1ccc2c(c1)C(C)CC(C)(C)N2C(C)C. The number of amides is 1. The molecule has 0 aromatic heterocycles. The largest absolute Gasteiger partial charge is 0.493 e. The molecule has 0 aliphatic carbocycles. The van der Waals surface area contributed by atoms with Crippen molar-refractivity contribution in [1.29, 1.82) is 0 Å². The summed E-state index contributed by atoms with van der Waals surface area (Å²) in [4.78, 5) is 14.6. The monoisotopic (exact) mass is 423 g/mol. The number of carbonyl (C=O) groups is 1. The van der Waals surface area contributed by atoms with Crippen molar-refractivity contribution in [1.82, 2.24) is 5.43 Å². The van der Waals surface area contributed by atoms with E-state index in [-0.39, 0.29) is 18.1 Å². The number of fused-ring (bicyclic) bond motifs is 1. The van der Waals surface area contributed by atoms with Gasteiger partial charge < -0.3 is 14.4 Å². The maximum absolute atomic E-state index is 12.1. The Morgan fingerprint density at radius 3 is 2.65 bits per heavy atom. The summed E-state index contributed by atoms with van der Waals surface area (Å²) in [6.07, 6.45) is 2.77. The Morgan fingerprint density at radius 2 is 1.97 bits per heavy atom. The number of hydrogen-bond donors (Lipinski definition) is 1. The minimum Gasteiger partial charge on any atom is -0.493 e. The molecule has 0 bridgehead atoms. The maximum Gasteiger partial charge on any atom is 0.277 e. The fraction of sp³-hybridized carbons (Fsp3) is 0.440. The summed E-state index contributed by atoms with van der Waals surface area (Å²) < 4.78 is 10.7. The molecule has 1 aliphatic rings. The van der Waals surface area contributed by atoms with Crippen molar-refractivity contribution in [2.45, 2.75) is 58.5 Å². The lowest BCUT2D eigenvalue weighted by atomic mass is 9.79. The van der Waals surface area contributed by atoms with Gasteiger partial charge in [-0.2, -0.15) is 5.10 Å². The number of rotatable bonds is 7. The van der Waals surface area contributed by atoms with E-state index >= 15 is 0 Å². The lowest BCUT2D eigenvalue weighted by Gasteiger charge is -2.50. The van der Waals surface area contributed by atoms with Crippen LogP contribution in [0.1, 0.15) is 58.1 Å². The zero-order valence-corrected chi connectivity index (χ0v) is 19.3. The Kier molecular flexibility index (Phi) is 6.88. The highest BCUT2D eigenvalue weighted by Gasteiger charge is 2.37. The summed E-state index contributed by atoms with van der Waals surface area (Å²) in [5, 5.41) is 4.10. The predicted octanol–water partition coefficient (Wildman–Crippen LogP) is 4.72. The van der Waals surface area contributed by atoms with Crippen molar-refractivity contribution in [2.24, 2.45) is 5.10 Å². The van der Waals surface area contributed by atoms with E-state index < -0.39 is 0 Å². The molecule has 0 fully saturated rings. The van der Waals surface area contributed by atoms with Crippen LogP contribution in [0.3, 0.4) is 0 Å². The van der Waals surface area contributed by atoms with Crippen LogP contribution in [0.5, 0.6) is 11.5 Å². The second-order valence-corrected chi connectivity index (χ2v) is 8.93. The van der Waals surface area contributed by atoms with Crippen LogP contribution >= 0.6 is 0 Å². The molecule has 0 spiro atoms. The van der Waals surface area contributed by atoms with Gasteiger partial charge in [0.1, 0.15) is 0 Å². The van der Waals surface area contributed by atoms with Crippen LogP contribution in [-0.2, 0) is 4.79 Å². The van der Waals surface area contributed by atoms with Gasteiger partial charge in [0.25, 0.3) is 5.91 Å². The first kappa shape index (κ1) is 22.7. The molecule has 1 amide bonds. The topological polar surface area (TPSA) is 63.2 Å². The van der Waals surface area contributed by atoms with Gasteiger partial charge in [-0.05, 0) is 75.4 Å². The van der Waals surface area contributed by atoms with Crippen molar-refractivity contribution >= 4 is 17.8 Å². The van der Waals surface area contributed by atoms with E-state index in [9.17, 15) is 4.79 Å². The molecule has 6 heteroatoms. The smallest absolute Gasteiger partial charge is 0.277 e. The fourth-order valence-corrected chi connectivity index (χ4v) is 4.62. The molecule has 1 unspecified atom stereocenters. The van der Waals surface area contributed by atoms with Gasteiger partial charge in [0.15, 0.2) is 18.1 Å². The number of para-hydroxylation sites is 2. The fourth-order valence-electron chi connectivity index (χ4n) is 4.62. The van der Waals surface area contributed by atoms with Crippen molar-refractivity contribution in [3.05, 3.63) is 53.6 Å². The summed E-state index contributed by atoms with van der Waals surface area (Å²) in [5.41, 5.74) is 6.20. The molecule has 6 nitrogen and oxygen atoms in total. The first-order valence-corrected chi connectivity index (χ1v) is 10.7. The Morgan fingerprint density at radius 1 is 1.26 bits per heavy atom. The zero-order valence-electron chi connectivity index (χ0n) is 19.3. The summed E-state index contributed by atoms with van der Waals surface area (Å²) in [5.74, 6) is 1.23. The van der Waals surface area contributed by atoms with Crippen molar-refractivity contribution in [3.8, 4) is 11.5 Å². The molecule has 1 aliphatic heterocycles. The van der Waals surface area contributed by atoms with Gasteiger partial charge >= 0.3 is 0 Å². The maximum atomic E-state index is 12.1. The van der Waals surface area contributed by atoms with E-state index in [0.717, 1.165) is 12.0 Å². The highest BCUT2D eigenvalue weighted by molar-refractivity contribution is 5.84. The third-order valence-electron chi connectivity index (χ3n) is 5.65. The number of ether oxygens (including phenoxy) is 2. The second-order valence-electron chi connectivity index (χ2n) is 8.93. The van der Waals surface area contributed by atoms with Gasteiger partial charge in [0.05, 0.1) is 13.3 Å². The van der Waals surface area contributed by atoms with Crippen LogP contribution in [0.25, 0.3) is 0 Å². The van der Waals surface area contributed by atoms with Crippen molar-refractivity contribution < 1.29 is 14.3 Å². The van der Waals surface area contributed by atoms with Crippen LogP contribution in [0.2, 0.25) is 0 Å². The van der Waals surface area contributed by atoms with E-state index in [2.05, 4.69) is 62.2 Å². The lowest BCUT2D eigenvalue weighted by Crippen LogP contribution is -2.51. The first-order chi connectivity index (χ1) is 14.7. The normalized spacial score (nSPS) is 17.5. The molecule has 1 heterocycles. The molecule has 1 atom stereocenters. The van der Waals surface area contributed by atoms with Crippen LogP contribution < -0.4 is 19.8 Å². The average Bonchev–Trinajstić information content (AvgIpc) is 2.72. The van der Waals surface area contributed by atoms with Crippen LogP contribution in [0.15, 0.2) is 47.6 Å². The van der Waals surface area contributed by atoms with E-state index in [1.54, 1.807) is 25.5 Å². The van der Waals surface area contributed by atoms with Gasteiger partial charge in [-0.25, -0.2) is 5.43 Å². The van der Waals surface area contributed by atoms with Crippen LogP contribution in [0.4, 0.5) is 5.69 Å². The third kappa shape index (κ3) is 5.19. The number of benzene rings is 2. The number of nitrogens with one attached hydrogen (secondary N) is 1. The standard InChI is InChI=1S/C25H33N3O3/c1-17(2)28-21-12-11-19(13-20(21)18(3)14-25(28,4)5)15-26-27-24(29)16-31-23-10-8-7-9-22(23)30-6/h7-13,15,17-18H,14,16H2,1-6H3,(H,27,29)/b26-15-. The van der Waals surface area contributed by atoms with E-state index in [0.29, 0.717) is 23.5 Å². The number of methoxy groups -OCH3 is 1. The van der Waals surface area contributed by atoms with Gasteiger partial charge in [0.2, 0.25) is 0 Å². The molecule has 166 valence electrons.